The van der Waals surface area contributed by atoms with Crippen LogP contribution in [0, 0.1) is 0 Å². The van der Waals surface area contributed by atoms with Crippen molar-refractivity contribution in [1.29, 1.82) is 0 Å². The maximum atomic E-state index is 11.1. The predicted molar refractivity (Wildman–Crippen MR) is 44.6 cm³/mol. The monoisotopic (exact) mass is 182 g/mol. The third kappa shape index (κ3) is 2.45. The van der Waals surface area contributed by atoms with Crippen LogP contribution in [0.25, 0.3) is 10.4 Å². The maximum absolute atomic E-state index is 11.1. The van der Waals surface area contributed by atoms with Gasteiger partial charge in [0.2, 0.25) is 11.8 Å². The van der Waals surface area contributed by atoms with Gasteiger partial charge in [-0.15, -0.1) is 0 Å². The van der Waals surface area contributed by atoms with E-state index in [-0.39, 0.29) is 11.8 Å². The summed E-state index contributed by atoms with van der Waals surface area (Å²) in [4.78, 5) is 25.9. The molecule has 0 aromatic carbocycles. The average Bonchev–Trinajstić information content (AvgIpc) is 2.42. The molecular formula is C7H10N4O2. The number of azide groups is 1. The van der Waals surface area contributed by atoms with Crippen LogP contribution in [0.5, 0.6) is 0 Å². The van der Waals surface area contributed by atoms with Crippen LogP contribution >= 0.6 is 0 Å². The van der Waals surface area contributed by atoms with Gasteiger partial charge < -0.3 is 0 Å². The van der Waals surface area contributed by atoms with Crippen molar-refractivity contribution in [2.24, 2.45) is 5.11 Å². The molecule has 1 fully saturated rings. The molecule has 6 heteroatoms. The average molecular weight is 182 g/mol. The molecule has 0 unspecified atom stereocenters. The topological polar surface area (TPSA) is 86.1 Å². The van der Waals surface area contributed by atoms with Crippen LogP contribution in [0.4, 0.5) is 0 Å². The summed E-state index contributed by atoms with van der Waals surface area (Å²) in [6, 6.07) is 0. The highest BCUT2D eigenvalue weighted by molar-refractivity contribution is 6.01. The quantitative estimate of drug-likeness (QED) is 0.212. The second-order valence-electron chi connectivity index (χ2n) is 2.75. The third-order valence-corrected chi connectivity index (χ3v) is 1.86. The molecule has 0 bridgehead atoms. The van der Waals surface area contributed by atoms with Crippen LogP contribution < -0.4 is 0 Å². The Morgan fingerprint density at radius 2 is 2.00 bits per heavy atom. The van der Waals surface area contributed by atoms with E-state index in [1.165, 1.54) is 4.90 Å². The molecule has 1 rings (SSSR count). The summed E-state index contributed by atoms with van der Waals surface area (Å²) in [5, 5.41) is 3.31. The summed E-state index contributed by atoms with van der Waals surface area (Å²) in [7, 11) is 0. The van der Waals surface area contributed by atoms with Crippen LogP contribution in [0.1, 0.15) is 19.3 Å². The van der Waals surface area contributed by atoms with Gasteiger partial charge in [-0.3, -0.25) is 14.5 Å². The zero-order valence-corrected chi connectivity index (χ0v) is 7.14. The van der Waals surface area contributed by atoms with Crippen molar-refractivity contribution in [3.8, 4) is 0 Å². The normalized spacial score (nSPS) is 16.2. The van der Waals surface area contributed by atoms with E-state index in [1.807, 2.05) is 0 Å². The van der Waals surface area contributed by atoms with E-state index < -0.39 is 0 Å². The summed E-state index contributed by atoms with van der Waals surface area (Å²) in [6.07, 6.45) is 1.18. The van der Waals surface area contributed by atoms with Crippen molar-refractivity contribution < 1.29 is 9.59 Å². The summed E-state index contributed by atoms with van der Waals surface area (Å²) < 4.78 is 0. The fraction of sp³-hybridized carbons (Fsp3) is 0.714. The smallest absolute Gasteiger partial charge is 0.229 e. The molecule has 0 radical (unpaired) electrons. The minimum Gasteiger partial charge on any atom is -0.283 e. The molecule has 0 N–H and O–H groups in total. The minimum atomic E-state index is -0.120. The highest BCUT2D eigenvalue weighted by atomic mass is 16.2. The van der Waals surface area contributed by atoms with Crippen molar-refractivity contribution in [2.75, 3.05) is 13.1 Å². The van der Waals surface area contributed by atoms with Gasteiger partial charge in [-0.2, -0.15) is 0 Å². The molecule has 0 atom stereocenters. The van der Waals surface area contributed by atoms with Crippen LogP contribution in [0.15, 0.2) is 5.11 Å². The number of hydrogen-bond donors (Lipinski definition) is 0. The van der Waals surface area contributed by atoms with E-state index in [1.54, 1.807) is 0 Å². The lowest BCUT2D eigenvalue weighted by molar-refractivity contribution is -0.138. The third-order valence-electron chi connectivity index (χ3n) is 1.86. The second-order valence-corrected chi connectivity index (χ2v) is 2.75. The van der Waals surface area contributed by atoms with Gasteiger partial charge in [0.15, 0.2) is 0 Å². The molecule has 0 aliphatic carbocycles. The number of carbonyl (C=O) groups is 2. The SMILES string of the molecule is [N-]=[N+]=NCCCN1C(=O)CCC1=O. The first-order chi connectivity index (χ1) is 6.25. The molecule has 1 aliphatic rings. The molecule has 1 saturated heterocycles. The molecule has 0 aromatic heterocycles. The number of likely N-dealkylation sites (tertiary alicyclic amines) is 1. The van der Waals surface area contributed by atoms with Gasteiger partial charge >= 0.3 is 0 Å². The lowest BCUT2D eigenvalue weighted by Gasteiger charge is -2.11. The number of nitrogens with zero attached hydrogens (tertiary/aromatic N) is 4. The van der Waals surface area contributed by atoms with Crippen LogP contribution in [-0.4, -0.2) is 29.8 Å². The number of hydrogen-bond acceptors (Lipinski definition) is 3. The fourth-order valence-electron chi connectivity index (χ4n) is 1.22. The van der Waals surface area contributed by atoms with E-state index in [0.29, 0.717) is 32.4 Å². The van der Waals surface area contributed by atoms with Crippen LogP contribution in [-0.2, 0) is 9.59 Å². The van der Waals surface area contributed by atoms with Crippen molar-refractivity contribution >= 4 is 11.8 Å². The van der Waals surface area contributed by atoms with Crippen LogP contribution in [0.2, 0.25) is 0 Å². The summed E-state index contributed by atoms with van der Waals surface area (Å²) in [5.41, 5.74) is 7.97. The molecular weight excluding hydrogens is 172 g/mol. The molecule has 1 heterocycles. The van der Waals surface area contributed by atoms with Gasteiger partial charge in [0.05, 0.1) is 0 Å². The first-order valence-electron chi connectivity index (χ1n) is 4.10. The van der Waals surface area contributed by atoms with Crippen LogP contribution in [0.3, 0.4) is 0 Å². The molecule has 2 amide bonds. The Hall–Kier alpha value is -1.55. The minimum absolute atomic E-state index is 0.120. The van der Waals surface area contributed by atoms with Crippen molar-refractivity contribution in [1.82, 2.24) is 4.90 Å². The molecule has 70 valence electrons. The Balaban J connectivity index is 2.31. The standard InChI is InChI=1S/C7H10N4O2/c8-10-9-4-1-5-11-6(12)2-3-7(11)13/h1-5H2. The van der Waals surface area contributed by atoms with Crippen molar-refractivity contribution in [3.63, 3.8) is 0 Å². The summed E-state index contributed by atoms with van der Waals surface area (Å²) >= 11 is 0. The van der Waals surface area contributed by atoms with Gasteiger partial charge in [-0.25, -0.2) is 0 Å². The summed E-state index contributed by atoms with van der Waals surface area (Å²) in [6.45, 7) is 0.699. The van der Waals surface area contributed by atoms with E-state index in [9.17, 15) is 9.59 Å². The fourth-order valence-corrected chi connectivity index (χ4v) is 1.22. The van der Waals surface area contributed by atoms with E-state index >= 15 is 0 Å². The van der Waals surface area contributed by atoms with Gasteiger partial charge in [-0.05, 0) is 12.0 Å². The van der Waals surface area contributed by atoms with E-state index in [4.69, 9.17) is 5.53 Å². The Morgan fingerprint density at radius 1 is 1.38 bits per heavy atom. The largest absolute Gasteiger partial charge is 0.283 e. The number of carbonyl (C=O) groups excluding carboxylic acids is 2. The molecule has 13 heavy (non-hydrogen) atoms. The van der Waals surface area contributed by atoms with Gasteiger partial charge in [0, 0.05) is 30.8 Å². The zero-order valence-electron chi connectivity index (χ0n) is 7.14. The van der Waals surface area contributed by atoms with Crippen molar-refractivity contribution in [2.45, 2.75) is 19.3 Å². The Kier molecular flexibility index (Phi) is 3.28. The highest BCUT2D eigenvalue weighted by Crippen LogP contribution is 2.11. The Labute approximate surface area is 75.1 Å². The Bertz CT molecular complexity index is 254. The number of rotatable bonds is 4. The Morgan fingerprint density at radius 3 is 2.54 bits per heavy atom. The zero-order chi connectivity index (χ0) is 9.68. The second kappa shape index (κ2) is 4.47. The molecule has 0 saturated carbocycles. The number of amides is 2. The van der Waals surface area contributed by atoms with Gasteiger partial charge in [-0.1, -0.05) is 5.11 Å². The van der Waals surface area contributed by atoms with E-state index in [2.05, 4.69) is 10.0 Å². The lowest BCUT2D eigenvalue weighted by atomic mass is 10.4. The first-order valence-corrected chi connectivity index (χ1v) is 4.10. The van der Waals surface area contributed by atoms with Crippen molar-refractivity contribution in [3.05, 3.63) is 10.4 Å². The van der Waals surface area contributed by atoms with E-state index in [0.717, 1.165) is 0 Å². The maximum Gasteiger partial charge on any atom is 0.229 e. The van der Waals surface area contributed by atoms with Gasteiger partial charge in [0.1, 0.15) is 0 Å². The molecule has 0 spiro atoms. The van der Waals surface area contributed by atoms with Gasteiger partial charge in [0.25, 0.3) is 0 Å². The first kappa shape index (κ1) is 9.54. The predicted octanol–water partition coefficient (Wildman–Crippen LogP) is 0.836. The summed E-state index contributed by atoms with van der Waals surface area (Å²) in [5.74, 6) is -0.239. The highest BCUT2D eigenvalue weighted by Gasteiger charge is 2.27. The molecule has 6 nitrogen and oxygen atoms in total. The lowest BCUT2D eigenvalue weighted by Crippen LogP contribution is -2.30. The molecule has 1 aliphatic heterocycles. The molecule has 0 aromatic rings. The number of imide groups is 1.